The van der Waals surface area contributed by atoms with Crippen molar-refractivity contribution >= 4 is 0 Å². The third-order valence-corrected chi connectivity index (χ3v) is 3.83. The first-order valence-electron chi connectivity index (χ1n) is 7.08. The minimum absolute atomic E-state index is 0.372. The number of nitrogens with one attached hydrogen (secondary N) is 1. The quantitative estimate of drug-likeness (QED) is 0.928. The summed E-state index contributed by atoms with van der Waals surface area (Å²) < 4.78 is 10.8. The van der Waals surface area contributed by atoms with Crippen LogP contribution < -0.4 is 10.1 Å². The number of hydrogen-bond acceptors (Lipinski definition) is 4. The topological polar surface area (TPSA) is 47.3 Å². The van der Waals surface area contributed by atoms with Crippen molar-refractivity contribution in [3.05, 3.63) is 47.2 Å². The zero-order valence-electron chi connectivity index (χ0n) is 12.0. The molecule has 1 aromatic carbocycles. The molecule has 4 nitrogen and oxygen atoms in total. The molecule has 1 atom stereocenters. The molecule has 1 N–H and O–H groups in total. The predicted octanol–water partition coefficient (Wildman–Crippen LogP) is 3.16. The maximum Gasteiger partial charge on any atom is 0.208 e. The van der Waals surface area contributed by atoms with Gasteiger partial charge < -0.3 is 14.5 Å². The van der Waals surface area contributed by atoms with Crippen LogP contribution in [0.3, 0.4) is 0 Å². The third kappa shape index (κ3) is 2.70. The first-order chi connectivity index (χ1) is 9.76. The summed E-state index contributed by atoms with van der Waals surface area (Å²) >= 11 is 0. The maximum absolute atomic E-state index is 5.51. The van der Waals surface area contributed by atoms with E-state index in [1.807, 2.05) is 13.0 Å². The number of methoxy groups -OCH3 is 1. The highest BCUT2D eigenvalue weighted by Gasteiger charge is 2.20. The lowest BCUT2D eigenvalue weighted by Crippen LogP contribution is -2.25. The molecule has 4 heteroatoms. The van der Waals surface area contributed by atoms with Crippen LogP contribution in [0.15, 0.2) is 28.8 Å². The van der Waals surface area contributed by atoms with E-state index >= 15 is 0 Å². The van der Waals surface area contributed by atoms with Gasteiger partial charge in [0.2, 0.25) is 5.89 Å². The number of hydrogen-bond donors (Lipinski definition) is 1. The highest BCUT2D eigenvalue weighted by molar-refractivity contribution is 5.39. The van der Waals surface area contributed by atoms with Crippen LogP contribution in [0.25, 0.3) is 0 Å². The summed E-state index contributed by atoms with van der Waals surface area (Å²) in [6, 6.07) is 6.73. The molecule has 2 aromatic rings. The lowest BCUT2D eigenvalue weighted by atomic mass is 9.87. The van der Waals surface area contributed by atoms with Crippen LogP contribution in [-0.2, 0) is 13.0 Å². The molecule has 0 amide bonds. The van der Waals surface area contributed by atoms with Gasteiger partial charge in [-0.2, -0.15) is 0 Å². The van der Waals surface area contributed by atoms with Gasteiger partial charge in [-0.1, -0.05) is 6.07 Å². The molecule has 3 rings (SSSR count). The number of aromatic nitrogens is 1. The number of oxazole rings is 1. The Morgan fingerprint density at radius 2 is 2.35 bits per heavy atom. The third-order valence-electron chi connectivity index (χ3n) is 3.83. The molecule has 0 saturated heterocycles. The molecule has 20 heavy (non-hydrogen) atoms. The molecule has 0 radical (unpaired) electrons. The number of benzene rings is 1. The molecule has 1 unspecified atom stereocenters. The SMILES string of the molecule is COc1ccc2c(c1)CCCC2NCc1ncc(C)o1. The Kier molecular flexibility index (Phi) is 3.74. The van der Waals surface area contributed by atoms with Crippen molar-refractivity contribution in [2.45, 2.75) is 38.8 Å². The molecular formula is C16H20N2O2. The van der Waals surface area contributed by atoms with Gasteiger partial charge in [-0.15, -0.1) is 0 Å². The van der Waals surface area contributed by atoms with E-state index in [2.05, 4.69) is 22.4 Å². The van der Waals surface area contributed by atoms with Crippen LogP contribution in [0.5, 0.6) is 5.75 Å². The minimum Gasteiger partial charge on any atom is -0.497 e. The Labute approximate surface area is 119 Å². The van der Waals surface area contributed by atoms with E-state index in [9.17, 15) is 0 Å². The van der Waals surface area contributed by atoms with Crippen molar-refractivity contribution in [1.82, 2.24) is 10.3 Å². The van der Waals surface area contributed by atoms with Gasteiger partial charge >= 0.3 is 0 Å². The van der Waals surface area contributed by atoms with E-state index in [4.69, 9.17) is 9.15 Å². The Balaban J connectivity index is 1.73. The highest BCUT2D eigenvalue weighted by atomic mass is 16.5. The number of rotatable bonds is 4. The molecule has 106 valence electrons. The fraction of sp³-hybridized carbons (Fsp3) is 0.438. The largest absolute Gasteiger partial charge is 0.497 e. The fourth-order valence-corrected chi connectivity index (χ4v) is 2.82. The summed E-state index contributed by atoms with van der Waals surface area (Å²) in [5, 5.41) is 3.55. The number of fused-ring (bicyclic) bond motifs is 1. The van der Waals surface area contributed by atoms with Crippen LogP contribution in [0.2, 0.25) is 0 Å². The zero-order valence-corrected chi connectivity index (χ0v) is 12.0. The van der Waals surface area contributed by atoms with E-state index in [0.29, 0.717) is 12.6 Å². The van der Waals surface area contributed by atoms with E-state index < -0.39 is 0 Å². The molecule has 1 aliphatic carbocycles. The second-order valence-corrected chi connectivity index (χ2v) is 5.26. The first-order valence-corrected chi connectivity index (χ1v) is 7.08. The highest BCUT2D eigenvalue weighted by Crippen LogP contribution is 2.32. The van der Waals surface area contributed by atoms with Crippen molar-refractivity contribution < 1.29 is 9.15 Å². The van der Waals surface area contributed by atoms with Gasteiger partial charge in [-0.05, 0) is 49.4 Å². The van der Waals surface area contributed by atoms with Crippen LogP contribution in [0.1, 0.15) is 41.7 Å². The summed E-state index contributed by atoms with van der Waals surface area (Å²) in [5.74, 6) is 2.55. The van der Waals surface area contributed by atoms with Crippen LogP contribution in [0, 0.1) is 6.92 Å². The van der Waals surface area contributed by atoms with Crippen molar-refractivity contribution in [2.24, 2.45) is 0 Å². The Hall–Kier alpha value is -1.81. The lowest BCUT2D eigenvalue weighted by Gasteiger charge is -2.26. The fourth-order valence-electron chi connectivity index (χ4n) is 2.82. The monoisotopic (exact) mass is 272 g/mol. The van der Waals surface area contributed by atoms with Gasteiger partial charge in [0.1, 0.15) is 11.5 Å². The predicted molar refractivity (Wildman–Crippen MR) is 76.8 cm³/mol. The second-order valence-electron chi connectivity index (χ2n) is 5.26. The molecule has 1 aliphatic rings. The number of aryl methyl sites for hydroxylation is 2. The second kappa shape index (κ2) is 5.67. The molecular weight excluding hydrogens is 252 g/mol. The van der Waals surface area contributed by atoms with Gasteiger partial charge in [0.05, 0.1) is 19.9 Å². The van der Waals surface area contributed by atoms with Crippen molar-refractivity contribution in [3.63, 3.8) is 0 Å². The molecule has 0 spiro atoms. The molecule has 1 heterocycles. The van der Waals surface area contributed by atoms with E-state index in [1.165, 1.54) is 17.5 Å². The summed E-state index contributed by atoms with van der Waals surface area (Å²) in [6.07, 6.45) is 5.24. The van der Waals surface area contributed by atoms with Gasteiger partial charge in [-0.25, -0.2) is 4.98 Å². The molecule has 0 fully saturated rings. The van der Waals surface area contributed by atoms with E-state index in [0.717, 1.165) is 30.2 Å². The molecule has 0 bridgehead atoms. The van der Waals surface area contributed by atoms with Crippen molar-refractivity contribution in [2.75, 3.05) is 7.11 Å². The minimum atomic E-state index is 0.372. The zero-order chi connectivity index (χ0) is 13.9. The van der Waals surface area contributed by atoms with Crippen molar-refractivity contribution in [1.29, 1.82) is 0 Å². The van der Waals surface area contributed by atoms with Crippen LogP contribution >= 0.6 is 0 Å². The smallest absolute Gasteiger partial charge is 0.208 e. The number of ether oxygens (including phenoxy) is 1. The van der Waals surface area contributed by atoms with E-state index in [-0.39, 0.29) is 0 Å². The van der Waals surface area contributed by atoms with E-state index in [1.54, 1.807) is 13.3 Å². The normalized spacial score (nSPS) is 17.8. The standard InChI is InChI=1S/C16H20N2O2/c1-11-9-18-16(20-11)10-17-15-5-3-4-12-8-13(19-2)6-7-14(12)15/h6-9,15,17H,3-5,10H2,1-2H3. The maximum atomic E-state index is 5.51. The van der Waals surface area contributed by atoms with Crippen LogP contribution in [-0.4, -0.2) is 12.1 Å². The van der Waals surface area contributed by atoms with Gasteiger partial charge in [0, 0.05) is 6.04 Å². The Morgan fingerprint density at radius 3 is 3.10 bits per heavy atom. The average molecular weight is 272 g/mol. The first kappa shape index (κ1) is 13.2. The molecule has 0 aliphatic heterocycles. The lowest BCUT2D eigenvalue weighted by molar-refractivity contribution is 0.396. The van der Waals surface area contributed by atoms with Gasteiger partial charge in [0.25, 0.3) is 0 Å². The molecule has 1 aromatic heterocycles. The van der Waals surface area contributed by atoms with Crippen molar-refractivity contribution in [3.8, 4) is 5.75 Å². The van der Waals surface area contributed by atoms with Gasteiger partial charge in [0.15, 0.2) is 0 Å². The summed E-state index contributed by atoms with van der Waals surface area (Å²) in [6.45, 7) is 2.59. The summed E-state index contributed by atoms with van der Waals surface area (Å²) in [5.41, 5.74) is 2.76. The summed E-state index contributed by atoms with van der Waals surface area (Å²) in [7, 11) is 1.71. The number of nitrogens with zero attached hydrogens (tertiary/aromatic N) is 1. The Bertz CT molecular complexity index is 592. The molecule has 0 saturated carbocycles. The Morgan fingerprint density at radius 1 is 1.45 bits per heavy atom. The van der Waals surface area contributed by atoms with Crippen LogP contribution in [0.4, 0.5) is 0 Å². The summed E-state index contributed by atoms with van der Waals surface area (Å²) in [4.78, 5) is 4.23. The van der Waals surface area contributed by atoms with Gasteiger partial charge in [-0.3, -0.25) is 0 Å². The average Bonchev–Trinajstić information content (AvgIpc) is 2.90.